The lowest BCUT2D eigenvalue weighted by Gasteiger charge is -2.19. The van der Waals surface area contributed by atoms with E-state index in [2.05, 4.69) is 184 Å². The minimum absolute atomic E-state index is 0.0461. The van der Waals surface area contributed by atoms with Crippen molar-refractivity contribution in [2.75, 3.05) is 5.32 Å². The largest absolute Gasteiger partial charge is 0.377 e. The molecule has 9 rings (SSSR count). The summed E-state index contributed by atoms with van der Waals surface area (Å²) in [6.07, 6.45) is 4.94. The van der Waals surface area contributed by atoms with Gasteiger partial charge in [-0.05, 0) is 94.1 Å². The summed E-state index contributed by atoms with van der Waals surface area (Å²) in [6, 6.07) is 48.9. The van der Waals surface area contributed by atoms with Crippen molar-refractivity contribution in [1.82, 2.24) is 4.57 Å². The summed E-state index contributed by atoms with van der Waals surface area (Å²) in [7, 11) is 0. The van der Waals surface area contributed by atoms with Gasteiger partial charge in [-0.2, -0.15) is 0 Å². The molecule has 3 aromatic heterocycles. The van der Waals surface area contributed by atoms with Crippen LogP contribution in [0.25, 0.3) is 70.9 Å². The fraction of sp³-hybridized carbons (Fsp3) is 0.137. The van der Waals surface area contributed by atoms with E-state index in [0.29, 0.717) is 0 Å². The number of thiophene rings is 2. The summed E-state index contributed by atoms with van der Waals surface area (Å²) in [5.74, 6) is 0. The van der Waals surface area contributed by atoms with Crippen LogP contribution in [0.2, 0.25) is 0 Å². The SMILES string of the molecule is C=Cc1c(Cc2cccc3c(C=C)c(C(C)Nc4ccccc4-c4ccc5c(c4)c4cc(C(C)(C)C)ccc4n5-c4ccccc4)sc23)sc2ccccc12. The molecule has 9 aromatic rings. The predicted molar refractivity (Wildman–Crippen MR) is 244 cm³/mol. The number of benzene rings is 6. The highest BCUT2D eigenvalue weighted by Gasteiger charge is 2.22. The zero-order chi connectivity index (χ0) is 37.8. The number of nitrogens with zero attached hydrogens (tertiary/aromatic N) is 1. The summed E-state index contributed by atoms with van der Waals surface area (Å²) in [5.41, 5.74) is 12.3. The van der Waals surface area contributed by atoms with Gasteiger partial charge in [0.15, 0.2) is 0 Å². The number of hydrogen-bond acceptors (Lipinski definition) is 3. The molecular formula is C51H44N2S2. The van der Waals surface area contributed by atoms with Gasteiger partial charge < -0.3 is 9.88 Å². The van der Waals surface area contributed by atoms with E-state index in [0.717, 1.165) is 12.1 Å². The van der Waals surface area contributed by atoms with Crippen molar-refractivity contribution in [2.45, 2.75) is 45.6 Å². The van der Waals surface area contributed by atoms with Crippen molar-refractivity contribution in [1.29, 1.82) is 0 Å². The lowest BCUT2D eigenvalue weighted by atomic mass is 9.86. The first-order valence-corrected chi connectivity index (χ1v) is 20.7. The van der Waals surface area contributed by atoms with E-state index >= 15 is 0 Å². The third kappa shape index (κ3) is 6.10. The fourth-order valence-electron chi connectivity index (χ4n) is 8.20. The molecule has 1 atom stereocenters. The second-order valence-corrected chi connectivity index (χ2v) is 17.7. The predicted octanol–water partition coefficient (Wildman–Crippen LogP) is 15.2. The Morgan fingerprint density at radius 1 is 0.673 bits per heavy atom. The Morgan fingerprint density at radius 2 is 1.36 bits per heavy atom. The average Bonchev–Trinajstić information content (AvgIpc) is 3.87. The number of aromatic nitrogens is 1. The molecule has 2 nitrogen and oxygen atoms in total. The van der Waals surface area contributed by atoms with Crippen molar-refractivity contribution >= 4 is 82.5 Å². The van der Waals surface area contributed by atoms with E-state index in [4.69, 9.17) is 0 Å². The van der Waals surface area contributed by atoms with E-state index in [1.165, 1.54) is 90.8 Å². The van der Waals surface area contributed by atoms with Gasteiger partial charge >= 0.3 is 0 Å². The molecule has 3 heterocycles. The molecule has 0 aliphatic carbocycles. The van der Waals surface area contributed by atoms with Gasteiger partial charge in [0.1, 0.15) is 0 Å². The number of rotatable bonds is 9. The molecule has 0 aliphatic heterocycles. The molecule has 0 aliphatic rings. The van der Waals surface area contributed by atoms with Gasteiger partial charge in [-0.15, -0.1) is 22.7 Å². The van der Waals surface area contributed by atoms with Gasteiger partial charge in [0, 0.05) is 58.7 Å². The first-order chi connectivity index (χ1) is 26.7. The van der Waals surface area contributed by atoms with Gasteiger partial charge in [-0.3, -0.25) is 0 Å². The Hall–Kier alpha value is -5.68. The summed E-state index contributed by atoms with van der Waals surface area (Å²) < 4.78 is 5.04. The topological polar surface area (TPSA) is 17.0 Å². The molecule has 1 unspecified atom stereocenters. The summed E-state index contributed by atoms with van der Waals surface area (Å²) in [4.78, 5) is 2.65. The zero-order valence-electron chi connectivity index (χ0n) is 31.8. The van der Waals surface area contributed by atoms with Crippen molar-refractivity contribution in [3.63, 3.8) is 0 Å². The first kappa shape index (κ1) is 35.0. The Labute approximate surface area is 331 Å². The van der Waals surface area contributed by atoms with Gasteiger partial charge in [-0.1, -0.05) is 131 Å². The standard InChI is InChI=1S/C51H44N2S2/c1-7-37-40-21-13-15-24-47(40)54-48(37)30-34-17-16-22-41-38(8-2)49(55-50(34)41)32(3)52-44-23-14-12-20-39(44)33-25-27-45-42(29-33)43-31-35(51(4,5)6)26-28-46(43)53(45)36-18-10-9-11-19-36/h7-29,31-32,52H,1-2,30H2,3-6H3. The average molecular weight is 749 g/mol. The second kappa shape index (κ2) is 13.9. The summed E-state index contributed by atoms with van der Waals surface area (Å²) in [6.45, 7) is 17.6. The molecule has 6 aromatic carbocycles. The molecule has 55 heavy (non-hydrogen) atoms. The minimum atomic E-state index is 0.0461. The third-order valence-electron chi connectivity index (χ3n) is 11.0. The normalized spacial score (nSPS) is 12.5. The zero-order valence-corrected chi connectivity index (χ0v) is 33.5. The smallest absolute Gasteiger partial charge is 0.0585 e. The van der Waals surface area contributed by atoms with Crippen LogP contribution < -0.4 is 5.32 Å². The number of hydrogen-bond donors (Lipinski definition) is 1. The van der Waals surface area contributed by atoms with E-state index in [1.807, 2.05) is 34.8 Å². The van der Waals surface area contributed by atoms with E-state index in [-0.39, 0.29) is 11.5 Å². The summed E-state index contributed by atoms with van der Waals surface area (Å²) >= 11 is 3.77. The molecule has 270 valence electrons. The maximum Gasteiger partial charge on any atom is 0.0585 e. The molecule has 0 amide bonds. The van der Waals surface area contributed by atoms with Crippen LogP contribution in [0.3, 0.4) is 0 Å². The quantitative estimate of drug-likeness (QED) is 0.156. The lowest BCUT2D eigenvalue weighted by molar-refractivity contribution is 0.591. The van der Waals surface area contributed by atoms with E-state index in [9.17, 15) is 0 Å². The first-order valence-electron chi connectivity index (χ1n) is 19.0. The van der Waals surface area contributed by atoms with Crippen LogP contribution in [0.5, 0.6) is 0 Å². The molecule has 0 radical (unpaired) electrons. The molecule has 1 N–H and O–H groups in total. The van der Waals surface area contributed by atoms with Crippen molar-refractivity contribution in [3.05, 3.63) is 179 Å². The highest BCUT2D eigenvalue weighted by Crippen LogP contribution is 2.43. The van der Waals surface area contributed by atoms with E-state index in [1.54, 1.807) is 0 Å². The summed E-state index contributed by atoms with van der Waals surface area (Å²) in [5, 5.41) is 9.05. The van der Waals surface area contributed by atoms with Crippen LogP contribution in [-0.2, 0) is 11.8 Å². The van der Waals surface area contributed by atoms with Gasteiger partial charge in [-0.25, -0.2) is 0 Å². The number of para-hydroxylation sites is 2. The van der Waals surface area contributed by atoms with Gasteiger partial charge in [0.05, 0.1) is 17.1 Å². The van der Waals surface area contributed by atoms with Crippen LogP contribution in [0.1, 0.15) is 65.7 Å². The Balaban J connectivity index is 1.10. The fourth-order valence-corrected chi connectivity index (χ4v) is 10.8. The number of fused-ring (bicyclic) bond motifs is 5. The maximum atomic E-state index is 4.30. The van der Waals surface area contributed by atoms with Gasteiger partial charge in [0.2, 0.25) is 0 Å². The Morgan fingerprint density at radius 3 is 2.15 bits per heavy atom. The molecule has 0 saturated heterocycles. The molecule has 0 bridgehead atoms. The molecule has 4 heteroatoms. The third-order valence-corrected chi connectivity index (χ3v) is 13.6. The van der Waals surface area contributed by atoms with Gasteiger partial charge in [0.25, 0.3) is 0 Å². The Bertz CT molecular complexity index is 2910. The van der Waals surface area contributed by atoms with Crippen LogP contribution >= 0.6 is 22.7 Å². The molecule has 0 saturated carbocycles. The Kier molecular flexibility index (Phi) is 8.84. The monoisotopic (exact) mass is 748 g/mol. The molecular weight excluding hydrogens is 705 g/mol. The highest BCUT2D eigenvalue weighted by molar-refractivity contribution is 7.20. The van der Waals surface area contributed by atoms with Crippen LogP contribution in [0.15, 0.2) is 147 Å². The van der Waals surface area contributed by atoms with Crippen molar-refractivity contribution in [3.8, 4) is 16.8 Å². The van der Waals surface area contributed by atoms with Crippen LogP contribution in [0.4, 0.5) is 5.69 Å². The van der Waals surface area contributed by atoms with Crippen molar-refractivity contribution < 1.29 is 0 Å². The van der Waals surface area contributed by atoms with Crippen LogP contribution in [-0.4, -0.2) is 4.57 Å². The van der Waals surface area contributed by atoms with Crippen LogP contribution in [0, 0.1) is 0 Å². The minimum Gasteiger partial charge on any atom is -0.377 e. The van der Waals surface area contributed by atoms with E-state index < -0.39 is 0 Å². The maximum absolute atomic E-state index is 4.30. The highest BCUT2D eigenvalue weighted by atomic mass is 32.1. The number of anilines is 1. The molecule has 0 spiro atoms. The second-order valence-electron chi connectivity index (χ2n) is 15.5. The lowest BCUT2D eigenvalue weighted by Crippen LogP contribution is -2.10. The number of nitrogens with one attached hydrogen (secondary N) is 1. The van der Waals surface area contributed by atoms with Crippen molar-refractivity contribution in [2.24, 2.45) is 0 Å². The molecule has 0 fully saturated rings.